The minimum absolute atomic E-state index is 0.104. The SMILES string of the molecule is CC(Oc1cc(Cl)ccc1C(=O)O)c1ccccc1. The molecule has 1 unspecified atom stereocenters. The summed E-state index contributed by atoms with van der Waals surface area (Å²) in [7, 11) is 0. The van der Waals surface area contributed by atoms with E-state index in [0.29, 0.717) is 5.02 Å². The minimum Gasteiger partial charge on any atom is -0.485 e. The largest absolute Gasteiger partial charge is 0.485 e. The van der Waals surface area contributed by atoms with Gasteiger partial charge < -0.3 is 9.84 Å². The highest BCUT2D eigenvalue weighted by Gasteiger charge is 2.15. The summed E-state index contributed by atoms with van der Waals surface area (Å²) >= 11 is 5.88. The zero-order valence-corrected chi connectivity index (χ0v) is 11.1. The van der Waals surface area contributed by atoms with E-state index < -0.39 is 5.97 Å². The molecule has 0 aromatic heterocycles. The van der Waals surface area contributed by atoms with Crippen LogP contribution in [0.1, 0.15) is 28.9 Å². The average Bonchev–Trinajstić information content (AvgIpc) is 2.39. The Bertz CT molecular complexity index is 581. The van der Waals surface area contributed by atoms with Gasteiger partial charge in [-0.2, -0.15) is 0 Å². The van der Waals surface area contributed by atoms with Crippen molar-refractivity contribution >= 4 is 17.6 Å². The number of ether oxygens (including phenoxy) is 1. The summed E-state index contributed by atoms with van der Waals surface area (Å²) in [6.07, 6.45) is -0.252. The molecule has 19 heavy (non-hydrogen) atoms. The van der Waals surface area contributed by atoms with Gasteiger partial charge in [0.05, 0.1) is 0 Å². The van der Waals surface area contributed by atoms with Crippen molar-refractivity contribution < 1.29 is 14.6 Å². The second-order valence-electron chi connectivity index (χ2n) is 4.12. The summed E-state index contributed by atoms with van der Waals surface area (Å²) in [5, 5.41) is 9.56. The third-order valence-electron chi connectivity index (χ3n) is 2.75. The van der Waals surface area contributed by atoms with E-state index in [-0.39, 0.29) is 17.4 Å². The van der Waals surface area contributed by atoms with Crippen LogP contribution in [0.15, 0.2) is 48.5 Å². The number of hydrogen-bond donors (Lipinski definition) is 1. The fraction of sp³-hybridized carbons (Fsp3) is 0.133. The summed E-state index contributed by atoms with van der Waals surface area (Å²) in [5.41, 5.74) is 1.07. The Balaban J connectivity index is 2.28. The van der Waals surface area contributed by atoms with Crippen LogP contribution in [-0.4, -0.2) is 11.1 Å². The highest BCUT2D eigenvalue weighted by atomic mass is 35.5. The maximum absolute atomic E-state index is 11.1. The topological polar surface area (TPSA) is 46.5 Å². The molecule has 0 aliphatic heterocycles. The highest BCUT2D eigenvalue weighted by molar-refractivity contribution is 6.30. The molecule has 2 rings (SSSR count). The summed E-state index contributed by atoms with van der Waals surface area (Å²) in [6, 6.07) is 14.1. The highest BCUT2D eigenvalue weighted by Crippen LogP contribution is 2.28. The molecule has 0 saturated heterocycles. The molecule has 0 bridgehead atoms. The number of carbonyl (C=O) groups is 1. The van der Waals surface area contributed by atoms with E-state index in [2.05, 4.69) is 0 Å². The van der Waals surface area contributed by atoms with Crippen LogP contribution in [0.25, 0.3) is 0 Å². The molecule has 0 radical (unpaired) electrons. The van der Waals surface area contributed by atoms with Crippen LogP contribution >= 0.6 is 11.6 Å². The Morgan fingerprint density at radius 3 is 2.53 bits per heavy atom. The van der Waals surface area contributed by atoms with Gasteiger partial charge in [0.25, 0.3) is 0 Å². The number of aromatic carboxylic acids is 1. The van der Waals surface area contributed by atoms with Gasteiger partial charge in [-0.25, -0.2) is 4.79 Å². The van der Waals surface area contributed by atoms with Crippen LogP contribution in [0.3, 0.4) is 0 Å². The van der Waals surface area contributed by atoms with Gasteiger partial charge in [0.1, 0.15) is 17.4 Å². The van der Waals surface area contributed by atoms with Crippen molar-refractivity contribution in [2.45, 2.75) is 13.0 Å². The van der Waals surface area contributed by atoms with Crippen LogP contribution in [0.5, 0.6) is 5.75 Å². The average molecular weight is 277 g/mol. The van der Waals surface area contributed by atoms with Crippen molar-refractivity contribution in [2.24, 2.45) is 0 Å². The van der Waals surface area contributed by atoms with Crippen molar-refractivity contribution in [3.05, 3.63) is 64.7 Å². The molecule has 2 aromatic rings. The quantitative estimate of drug-likeness (QED) is 0.911. The standard InChI is InChI=1S/C15H13ClO3/c1-10(11-5-3-2-4-6-11)19-14-9-12(16)7-8-13(14)15(17)18/h2-10H,1H3,(H,17,18). The van der Waals surface area contributed by atoms with E-state index in [1.54, 1.807) is 0 Å². The maximum Gasteiger partial charge on any atom is 0.339 e. The molecule has 2 aromatic carbocycles. The van der Waals surface area contributed by atoms with Crippen LogP contribution in [0.2, 0.25) is 5.02 Å². The number of carboxylic acid groups (broad SMARTS) is 1. The Hall–Kier alpha value is -2.00. The first-order valence-corrected chi connectivity index (χ1v) is 6.20. The Morgan fingerprint density at radius 1 is 1.21 bits per heavy atom. The summed E-state index contributed by atoms with van der Waals surface area (Å²) < 4.78 is 5.71. The van der Waals surface area contributed by atoms with Gasteiger partial charge in [0, 0.05) is 5.02 Å². The number of halogens is 1. The first kappa shape index (κ1) is 13.4. The number of benzene rings is 2. The molecule has 1 atom stereocenters. The van der Waals surface area contributed by atoms with E-state index in [1.165, 1.54) is 18.2 Å². The van der Waals surface area contributed by atoms with Crippen LogP contribution in [-0.2, 0) is 0 Å². The van der Waals surface area contributed by atoms with Crippen LogP contribution < -0.4 is 4.74 Å². The fourth-order valence-electron chi connectivity index (χ4n) is 1.75. The van der Waals surface area contributed by atoms with Gasteiger partial charge in [0.2, 0.25) is 0 Å². The third-order valence-corrected chi connectivity index (χ3v) is 2.98. The summed E-state index contributed by atoms with van der Waals surface area (Å²) in [6.45, 7) is 1.86. The molecule has 0 aliphatic rings. The Labute approximate surface area is 116 Å². The molecule has 0 heterocycles. The molecule has 0 aliphatic carbocycles. The van der Waals surface area contributed by atoms with E-state index >= 15 is 0 Å². The second-order valence-corrected chi connectivity index (χ2v) is 4.55. The Kier molecular flexibility index (Phi) is 4.07. The number of carboxylic acids is 1. The molecule has 98 valence electrons. The lowest BCUT2D eigenvalue weighted by Gasteiger charge is -2.16. The van der Waals surface area contributed by atoms with Gasteiger partial charge in [-0.15, -0.1) is 0 Å². The van der Waals surface area contributed by atoms with Crippen LogP contribution in [0.4, 0.5) is 0 Å². The first-order chi connectivity index (χ1) is 9.08. The normalized spacial score (nSPS) is 11.9. The monoisotopic (exact) mass is 276 g/mol. The summed E-state index contributed by atoms with van der Waals surface area (Å²) in [4.78, 5) is 11.1. The molecule has 1 N–H and O–H groups in total. The predicted octanol–water partition coefficient (Wildman–Crippen LogP) is 4.18. The second kappa shape index (κ2) is 5.76. The first-order valence-electron chi connectivity index (χ1n) is 5.82. The molecule has 4 heteroatoms. The van der Waals surface area contributed by atoms with E-state index in [0.717, 1.165) is 5.56 Å². The molecule has 0 amide bonds. The van der Waals surface area contributed by atoms with Crippen molar-refractivity contribution in [3.63, 3.8) is 0 Å². The molecule has 0 saturated carbocycles. The third kappa shape index (κ3) is 3.26. The minimum atomic E-state index is -1.04. The van der Waals surface area contributed by atoms with Crippen molar-refractivity contribution in [2.75, 3.05) is 0 Å². The van der Waals surface area contributed by atoms with Crippen molar-refractivity contribution in [1.29, 1.82) is 0 Å². The van der Waals surface area contributed by atoms with E-state index in [4.69, 9.17) is 21.4 Å². The lowest BCUT2D eigenvalue weighted by molar-refractivity contribution is 0.0689. The van der Waals surface area contributed by atoms with E-state index in [1.807, 2.05) is 37.3 Å². The zero-order chi connectivity index (χ0) is 13.8. The number of hydrogen-bond acceptors (Lipinski definition) is 2. The zero-order valence-electron chi connectivity index (χ0n) is 10.3. The maximum atomic E-state index is 11.1. The smallest absolute Gasteiger partial charge is 0.339 e. The summed E-state index contributed by atoms with van der Waals surface area (Å²) in [5.74, 6) is -0.761. The van der Waals surface area contributed by atoms with Crippen molar-refractivity contribution in [1.82, 2.24) is 0 Å². The van der Waals surface area contributed by atoms with E-state index in [9.17, 15) is 4.79 Å². The van der Waals surface area contributed by atoms with Crippen molar-refractivity contribution in [3.8, 4) is 5.75 Å². The molecule has 0 spiro atoms. The molecule has 0 fully saturated rings. The van der Waals surface area contributed by atoms with Gasteiger partial charge in [0.15, 0.2) is 0 Å². The van der Waals surface area contributed by atoms with Crippen LogP contribution in [0, 0.1) is 0 Å². The molecular weight excluding hydrogens is 264 g/mol. The molecular formula is C15H13ClO3. The van der Waals surface area contributed by atoms with Gasteiger partial charge in [-0.05, 0) is 30.7 Å². The van der Waals surface area contributed by atoms with Gasteiger partial charge in [-0.1, -0.05) is 41.9 Å². The number of rotatable bonds is 4. The van der Waals surface area contributed by atoms with Gasteiger partial charge in [-0.3, -0.25) is 0 Å². The molecule has 3 nitrogen and oxygen atoms in total. The predicted molar refractivity (Wildman–Crippen MR) is 73.9 cm³/mol. The Morgan fingerprint density at radius 2 is 1.89 bits per heavy atom. The lowest BCUT2D eigenvalue weighted by atomic mass is 10.1. The van der Waals surface area contributed by atoms with Gasteiger partial charge >= 0.3 is 5.97 Å². The lowest BCUT2D eigenvalue weighted by Crippen LogP contribution is -2.07. The fourth-order valence-corrected chi connectivity index (χ4v) is 1.92.